The van der Waals surface area contributed by atoms with Crippen LogP contribution in [0.5, 0.6) is 5.75 Å². The van der Waals surface area contributed by atoms with Crippen LogP contribution in [0.3, 0.4) is 0 Å². The SMILES string of the molecule is CCCCOc1ccc(CCNC(=O)CCCC(=O)N(CCC)CCC)cc1. The Bertz CT molecular complexity index is 551. The highest BCUT2D eigenvalue weighted by molar-refractivity contribution is 5.78. The molecule has 0 spiro atoms. The summed E-state index contributed by atoms with van der Waals surface area (Å²) in [6.45, 7) is 9.28. The third kappa shape index (κ3) is 10.3. The number of unbranched alkanes of at least 4 members (excludes halogenated alkanes) is 1. The number of carbonyl (C=O) groups excluding carboxylic acids is 2. The lowest BCUT2D eigenvalue weighted by Gasteiger charge is -2.21. The second kappa shape index (κ2) is 14.9. The molecule has 0 heterocycles. The summed E-state index contributed by atoms with van der Waals surface area (Å²) < 4.78 is 5.65. The molecule has 1 N–H and O–H groups in total. The van der Waals surface area contributed by atoms with E-state index in [1.807, 2.05) is 29.2 Å². The van der Waals surface area contributed by atoms with Crippen LogP contribution in [-0.4, -0.2) is 43.0 Å². The van der Waals surface area contributed by atoms with Crippen LogP contribution in [0.4, 0.5) is 0 Å². The number of amides is 2. The molecule has 0 aliphatic rings. The molecule has 0 aliphatic heterocycles. The molecule has 0 unspecified atom stereocenters. The van der Waals surface area contributed by atoms with E-state index in [4.69, 9.17) is 4.74 Å². The summed E-state index contributed by atoms with van der Waals surface area (Å²) in [6, 6.07) is 8.05. The maximum Gasteiger partial charge on any atom is 0.222 e. The van der Waals surface area contributed by atoms with E-state index in [9.17, 15) is 9.59 Å². The molecular formula is C23H38N2O3. The molecule has 0 atom stereocenters. The van der Waals surface area contributed by atoms with Gasteiger partial charge in [0.1, 0.15) is 5.75 Å². The summed E-state index contributed by atoms with van der Waals surface area (Å²) in [4.78, 5) is 26.1. The van der Waals surface area contributed by atoms with Crippen LogP contribution in [0.25, 0.3) is 0 Å². The van der Waals surface area contributed by atoms with Gasteiger partial charge in [0.15, 0.2) is 0 Å². The molecular weight excluding hydrogens is 352 g/mol. The summed E-state index contributed by atoms with van der Waals surface area (Å²) in [5, 5.41) is 2.95. The summed E-state index contributed by atoms with van der Waals surface area (Å²) in [7, 11) is 0. The highest BCUT2D eigenvalue weighted by Gasteiger charge is 2.12. The third-order valence-electron chi connectivity index (χ3n) is 4.56. The summed E-state index contributed by atoms with van der Waals surface area (Å²) >= 11 is 0. The fourth-order valence-electron chi connectivity index (χ4n) is 2.98. The van der Waals surface area contributed by atoms with Crippen LogP contribution >= 0.6 is 0 Å². The van der Waals surface area contributed by atoms with Gasteiger partial charge >= 0.3 is 0 Å². The van der Waals surface area contributed by atoms with Crippen molar-refractivity contribution >= 4 is 11.8 Å². The highest BCUT2D eigenvalue weighted by Crippen LogP contribution is 2.13. The van der Waals surface area contributed by atoms with Gasteiger partial charge < -0.3 is 15.0 Å². The molecule has 158 valence electrons. The maximum atomic E-state index is 12.2. The number of carbonyl (C=O) groups is 2. The Morgan fingerprint density at radius 1 is 0.929 bits per heavy atom. The van der Waals surface area contributed by atoms with Gasteiger partial charge in [-0.3, -0.25) is 9.59 Å². The molecule has 0 saturated heterocycles. The predicted molar refractivity (Wildman–Crippen MR) is 115 cm³/mol. The van der Waals surface area contributed by atoms with Crippen molar-refractivity contribution in [2.24, 2.45) is 0 Å². The van der Waals surface area contributed by atoms with Crippen LogP contribution < -0.4 is 10.1 Å². The van der Waals surface area contributed by atoms with Crippen molar-refractivity contribution in [1.82, 2.24) is 10.2 Å². The van der Waals surface area contributed by atoms with Crippen molar-refractivity contribution in [1.29, 1.82) is 0 Å². The molecule has 5 nitrogen and oxygen atoms in total. The molecule has 0 saturated carbocycles. The standard InChI is InChI=1S/C23H38N2O3/c1-4-7-19-28-21-13-11-20(12-14-21)15-16-24-22(26)9-8-10-23(27)25(17-5-2)18-6-3/h11-14H,4-10,15-19H2,1-3H3,(H,24,26). The lowest BCUT2D eigenvalue weighted by Crippen LogP contribution is -2.32. The van der Waals surface area contributed by atoms with Crippen LogP contribution in [-0.2, 0) is 16.0 Å². The molecule has 0 aromatic heterocycles. The van der Waals surface area contributed by atoms with Gasteiger partial charge in [0.2, 0.25) is 11.8 Å². The molecule has 1 rings (SSSR count). The molecule has 1 aromatic rings. The number of nitrogens with one attached hydrogen (secondary N) is 1. The third-order valence-corrected chi connectivity index (χ3v) is 4.56. The molecule has 28 heavy (non-hydrogen) atoms. The normalized spacial score (nSPS) is 10.5. The smallest absolute Gasteiger partial charge is 0.222 e. The van der Waals surface area contributed by atoms with Gasteiger partial charge in [-0.05, 0) is 49.8 Å². The van der Waals surface area contributed by atoms with Crippen molar-refractivity contribution in [3.8, 4) is 5.75 Å². The minimum absolute atomic E-state index is 0.0184. The van der Waals surface area contributed by atoms with E-state index in [1.165, 1.54) is 5.56 Å². The van der Waals surface area contributed by atoms with Gasteiger partial charge in [-0.15, -0.1) is 0 Å². The molecule has 2 amide bonds. The monoisotopic (exact) mass is 390 g/mol. The molecule has 1 aromatic carbocycles. The van der Waals surface area contributed by atoms with Gasteiger partial charge in [0, 0.05) is 32.5 Å². The van der Waals surface area contributed by atoms with Crippen LogP contribution in [0.1, 0.15) is 71.3 Å². The largest absolute Gasteiger partial charge is 0.494 e. The van der Waals surface area contributed by atoms with Crippen molar-refractivity contribution in [2.45, 2.75) is 72.1 Å². The topological polar surface area (TPSA) is 58.6 Å². The zero-order chi connectivity index (χ0) is 20.6. The van der Waals surface area contributed by atoms with Crippen LogP contribution in [0.2, 0.25) is 0 Å². The van der Waals surface area contributed by atoms with E-state index < -0.39 is 0 Å². The number of rotatable bonds is 15. The Hall–Kier alpha value is -2.04. The fraction of sp³-hybridized carbons (Fsp3) is 0.652. The molecule has 0 aliphatic carbocycles. The van der Waals surface area contributed by atoms with E-state index in [2.05, 4.69) is 26.1 Å². The Morgan fingerprint density at radius 3 is 2.21 bits per heavy atom. The molecule has 0 radical (unpaired) electrons. The molecule has 5 heteroatoms. The first-order valence-electron chi connectivity index (χ1n) is 10.9. The second-order valence-electron chi connectivity index (χ2n) is 7.18. The van der Waals surface area contributed by atoms with E-state index in [-0.39, 0.29) is 11.8 Å². The quantitative estimate of drug-likeness (QED) is 0.453. The van der Waals surface area contributed by atoms with Gasteiger partial charge in [-0.1, -0.05) is 39.3 Å². The van der Waals surface area contributed by atoms with Crippen LogP contribution in [0, 0.1) is 0 Å². The predicted octanol–water partition coefficient (Wildman–Crippen LogP) is 4.34. The Balaban J connectivity index is 2.20. The number of benzene rings is 1. The molecule has 0 fully saturated rings. The zero-order valence-corrected chi connectivity index (χ0v) is 18.0. The van der Waals surface area contributed by atoms with Crippen molar-refractivity contribution < 1.29 is 14.3 Å². The van der Waals surface area contributed by atoms with Crippen molar-refractivity contribution in [2.75, 3.05) is 26.2 Å². The first kappa shape index (κ1) is 24.0. The van der Waals surface area contributed by atoms with E-state index in [1.54, 1.807) is 0 Å². The van der Waals surface area contributed by atoms with Crippen molar-refractivity contribution in [3.63, 3.8) is 0 Å². The Labute approximate surface area is 170 Å². The lowest BCUT2D eigenvalue weighted by atomic mass is 10.1. The van der Waals surface area contributed by atoms with Crippen LogP contribution in [0.15, 0.2) is 24.3 Å². The van der Waals surface area contributed by atoms with Gasteiger partial charge in [0.05, 0.1) is 6.61 Å². The summed E-state index contributed by atoms with van der Waals surface area (Å²) in [5.41, 5.74) is 1.17. The Morgan fingerprint density at radius 2 is 1.61 bits per heavy atom. The summed E-state index contributed by atoms with van der Waals surface area (Å²) in [5.74, 6) is 1.08. The first-order chi connectivity index (χ1) is 13.6. The summed E-state index contributed by atoms with van der Waals surface area (Å²) in [6.07, 6.45) is 6.39. The number of ether oxygens (including phenoxy) is 1. The lowest BCUT2D eigenvalue weighted by molar-refractivity contribution is -0.131. The highest BCUT2D eigenvalue weighted by atomic mass is 16.5. The number of hydrogen-bond donors (Lipinski definition) is 1. The van der Waals surface area contributed by atoms with E-state index in [0.717, 1.165) is 57.6 Å². The average Bonchev–Trinajstić information content (AvgIpc) is 2.69. The molecule has 0 bridgehead atoms. The van der Waals surface area contributed by atoms with E-state index in [0.29, 0.717) is 25.8 Å². The maximum absolute atomic E-state index is 12.2. The Kier molecular flexibility index (Phi) is 12.8. The van der Waals surface area contributed by atoms with E-state index >= 15 is 0 Å². The number of nitrogens with zero attached hydrogens (tertiary/aromatic N) is 1. The average molecular weight is 391 g/mol. The number of hydrogen-bond acceptors (Lipinski definition) is 3. The van der Waals surface area contributed by atoms with Crippen molar-refractivity contribution in [3.05, 3.63) is 29.8 Å². The minimum atomic E-state index is 0.0184. The first-order valence-corrected chi connectivity index (χ1v) is 10.9. The van der Waals surface area contributed by atoms with Gasteiger partial charge in [-0.25, -0.2) is 0 Å². The van der Waals surface area contributed by atoms with Gasteiger partial charge in [-0.2, -0.15) is 0 Å². The second-order valence-corrected chi connectivity index (χ2v) is 7.18. The minimum Gasteiger partial charge on any atom is -0.494 e. The van der Waals surface area contributed by atoms with Gasteiger partial charge in [0.25, 0.3) is 0 Å². The zero-order valence-electron chi connectivity index (χ0n) is 18.0. The fourth-order valence-corrected chi connectivity index (χ4v) is 2.98.